The van der Waals surface area contributed by atoms with Gasteiger partial charge in [-0.1, -0.05) is 20.8 Å². The third-order valence-corrected chi connectivity index (χ3v) is 12.8. The molecular weight excluding hydrogens is 736 g/mol. The van der Waals surface area contributed by atoms with Gasteiger partial charge in [-0.05, 0) is 99.5 Å². The van der Waals surface area contributed by atoms with Crippen LogP contribution in [0, 0.1) is 17.8 Å². The normalized spacial score (nSPS) is 40.9. The Morgan fingerprint density at radius 1 is 1.09 bits per heavy atom. The molecule has 0 aliphatic carbocycles. The number of rotatable bonds is 7. The molecule has 4 aliphatic rings. The van der Waals surface area contributed by atoms with E-state index in [9.17, 15) is 24.9 Å². The second-order valence-corrected chi connectivity index (χ2v) is 17.8. The first-order valence-corrected chi connectivity index (χ1v) is 21.0. The van der Waals surface area contributed by atoms with Gasteiger partial charge in [-0.15, -0.1) is 0 Å². The Labute approximate surface area is 339 Å². The Hall–Kier alpha value is -2.47. The fourth-order valence-electron chi connectivity index (χ4n) is 9.53. The third-order valence-electron chi connectivity index (χ3n) is 12.8. The van der Waals surface area contributed by atoms with E-state index in [1.807, 2.05) is 59.7 Å². The van der Waals surface area contributed by atoms with E-state index >= 15 is 0 Å². The van der Waals surface area contributed by atoms with Gasteiger partial charge in [0.25, 0.3) is 0 Å². The molecule has 5 heterocycles. The van der Waals surface area contributed by atoms with E-state index in [0.717, 1.165) is 0 Å². The number of pyridine rings is 1. The van der Waals surface area contributed by atoms with E-state index in [-0.39, 0.29) is 31.1 Å². The Morgan fingerprint density at radius 2 is 1.77 bits per heavy atom. The minimum absolute atomic E-state index is 0.0308. The average molecular weight is 807 g/mol. The summed E-state index contributed by atoms with van der Waals surface area (Å²) < 4.78 is 39.1. The van der Waals surface area contributed by atoms with Crippen LogP contribution in [0.2, 0.25) is 0 Å². The molecule has 4 fully saturated rings. The SMILES string of the molecule is CCOC(=O)c1ccc(N2CCC3(CC2)O[C@H]2[C@H](C)[C@@H](O[C@@H]4O[C@H](C)CC(N(C)C)[C@H]4O)[C@@](C)(C[C@@H](C)CN[C@H](C)[C@@H](O)[C@](C)(O)[C@@H](CC)OC(=O)[C@@H]2C)O3)nc1. The lowest BCUT2D eigenvalue weighted by molar-refractivity contribution is -0.327. The van der Waals surface area contributed by atoms with Crippen LogP contribution in [0.1, 0.15) is 105 Å². The van der Waals surface area contributed by atoms with Gasteiger partial charge in [-0.2, -0.15) is 0 Å². The maximum Gasteiger partial charge on any atom is 0.339 e. The summed E-state index contributed by atoms with van der Waals surface area (Å²) in [7, 11) is 3.87. The molecule has 57 heavy (non-hydrogen) atoms. The maximum absolute atomic E-state index is 14.3. The lowest BCUT2D eigenvalue weighted by Crippen LogP contribution is -2.60. The summed E-state index contributed by atoms with van der Waals surface area (Å²) in [4.78, 5) is 35.3. The van der Waals surface area contributed by atoms with Crippen LogP contribution in [-0.2, 0) is 33.2 Å². The zero-order valence-corrected chi connectivity index (χ0v) is 36.0. The van der Waals surface area contributed by atoms with Gasteiger partial charge in [0, 0.05) is 50.1 Å². The summed E-state index contributed by atoms with van der Waals surface area (Å²) in [5.74, 6) is -2.82. The molecule has 324 valence electrons. The Balaban J connectivity index is 1.55. The number of hydrogen-bond acceptors (Lipinski definition) is 15. The van der Waals surface area contributed by atoms with E-state index in [4.69, 9.17) is 28.4 Å². The number of aromatic nitrogens is 1. The Kier molecular flexibility index (Phi) is 14.7. The summed E-state index contributed by atoms with van der Waals surface area (Å²) in [5, 5.41) is 38.2. The largest absolute Gasteiger partial charge is 0.462 e. The molecule has 5 rings (SSSR count). The molecule has 15 heteroatoms. The quantitative estimate of drug-likeness (QED) is 0.295. The fourth-order valence-corrected chi connectivity index (χ4v) is 9.53. The van der Waals surface area contributed by atoms with Crippen LogP contribution in [-0.4, -0.2) is 149 Å². The second-order valence-electron chi connectivity index (χ2n) is 17.8. The van der Waals surface area contributed by atoms with Crippen molar-refractivity contribution in [3.8, 4) is 0 Å². The first kappa shape index (κ1) is 45.6. The number of nitrogens with one attached hydrogen (secondary N) is 1. The number of piperidine rings is 1. The fraction of sp³-hybridized carbons (Fsp3) is 0.833. The first-order valence-electron chi connectivity index (χ1n) is 21.0. The Bertz CT molecular complexity index is 1490. The van der Waals surface area contributed by atoms with Crippen molar-refractivity contribution in [1.82, 2.24) is 15.2 Å². The van der Waals surface area contributed by atoms with Crippen molar-refractivity contribution in [3.63, 3.8) is 0 Å². The molecule has 4 aliphatic heterocycles. The van der Waals surface area contributed by atoms with Gasteiger partial charge in [0.05, 0.1) is 42.0 Å². The molecule has 4 saturated heterocycles. The molecule has 0 amide bonds. The van der Waals surface area contributed by atoms with Crippen molar-refractivity contribution >= 4 is 17.8 Å². The van der Waals surface area contributed by atoms with Crippen LogP contribution >= 0.6 is 0 Å². The number of nitrogens with zero attached hydrogens (tertiary/aromatic N) is 3. The molecule has 4 N–H and O–H groups in total. The number of anilines is 1. The molecule has 1 unspecified atom stereocenters. The molecule has 0 aromatic carbocycles. The number of likely N-dealkylation sites (N-methyl/N-ethyl adjacent to an activating group) is 1. The van der Waals surface area contributed by atoms with Gasteiger partial charge in [-0.3, -0.25) is 4.79 Å². The number of cyclic esters (lactones) is 1. The number of esters is 2. The summed E-state index contributed by atoms with van der Waals surface area (Å²) in [6, 6.07) is 2.77. The number of aliphatic hydroxyl groups excluding tert-OH is 2. The predicted molar refractivity (Wildman–Crippen MR) is 212 cm³/mol. The van der Waals surface area contributed by atoms with E-state index < -0.39 is 83.6 Å². The first-order chi connectivity index (χ1) is 26.8. The lowest BCUT2D eigenvalue weighted by atomic mass is 9.78. The molecule has 1 spiro atoms. The number of fused-ring (bicyclic) bond motifs is 3. The van der Waals surface area contributed by atoms with Gasteiger partial charge in [0.1, 0.15) is 29.7 Å². The summed E-state index contributed by atoms with van der Waals surface area (Å²) in [5.41, 5.74) is -2.40. The molecule has 1 aromatic rings. The molecule has 15 nitrogen and oxygen atoms in total. The summed E-state index contributed by atoms with van der Waals surface area (Å²) >= 11 is 0. The van der Waals surface area contributed by atoms with Crippen LogP contribution in [0.3, 0.4) is 0 Å². The van der Waals surface area contributed by atoms with E-state index in [1.54, 1.807) is 19.9 Å². The van der Waals surface area contributed by atoms with Crippen molar-refractivity contribution in [2.45, 2.75) is 166 Å². The van der Waals surface area contributed by atoms with E-state index in [2.05, 4.69) is 22.1 Å². The monoisotopic (exact) mass is 807 g/mol. The predicted octanol–water partition coefficient (Wildman–Crippen LogP) is 3.26. The maximum atomic E-state index is 14.3. The number of aliphatic hydroxyl groups is 3. The summed E-state index contributed by atoms with van der Waals surface area (Å²) in [6.45, 7) is 18.5. The highest BCUT2D eigenvalue weighted by atomic mass is 16.7. The van der Waals surface area contributed by atoms with Crippen molar-refractivity contribution in [2.24, 2.45) is 17.8 Å². The zero-order chi connectivity index (χ0) is 42.0. The molecule has 0 radical (unpaired) electrons. The van der Waals surface area contributed by atoms with Crippen molar-refractivity contribution in [3.05, 3.63) is 23.9 Å². The van der Waals surface area contributed by atoms with Crippen molar-refractivity contribution < 1.29 is 53.3 Å². The van der Waals surface area contributed by atoms with Gasteiger partial charge in [0.15, 0.2) is 12.1 Å². The van der Waals surface area contributed by atoms with Crippen LogP contribution in [0.5, 0.6) is 0 Å². The van der Waals surface area contributed by atoms with Crippen LogP contribution in [0.25, 0.3) is 0 Å². The molecule has 1 aromatic heterocycles. The molecule has 2 bridgehead atoms. The van der Waals surface area contributed by atoms with Crippen molar-refractivity contribution in [1.29, 1.82) is 0 Å². The lowest BCUT2D eigenvalue weighted by Gasteiger charge is -2.49. The van der Waals surface area contributed by atoms with Gasteiger partial charge in [0.2, 0.25) is 0 Å². The average Bonchev–Trinajstić information content (AvgIpc) is 3.24. The third kappa shape index (κ3) is 9.95. The minimum Gasteiger partial charge on any atom is -0.462 e. The Morgan fingerprint density at radius 3 is 2.37 bits per heavy atom. The highest BCUT2D eigenvalue weighted by Crippen LogP contribution is 2.48. The van der Waals surface area contributed by atoms with Crippen LogP contribution in [0.4, 0.5) is 5.82 Å². The van der Waals surface area contributed by atoms with Gasteiger partial charge < -0.3 is 58.9 Å². The van der Waals surface area contributed by atoms with E-state index in [0.29, 0.717) is 56.7 Å². The highest BCUT2D eigenvalue weighted by molar-refractivity contribution is 5.89. The van der Waals surface area contributed by atoms with Gasteiger partial charge in [-0.25, -0.2) is 9.78 Å². The molecular formula is C42H70N4O11. The smallest absolute Gasteiger partial charge is 0.339 e. The van der Waals surface area contributed by atoms with Crippen molar-refractivity contribution in [2.75, 3.05) is 45.2 Å². The number of hydrogen-bond donors (Lipinski definition) is 4. The highest BCUT2D eigenvalue weighted by Gasteiger charge is 2.58. The number of carbonyl (C=O) groups excluding carboxylic acids is 2. The molecule has 14 atom stereocenters. The zero-order valence-electron chi connectivity index (χ0n) is 36.0. The minimum atomic E-state index is -1.74. The standard InChI is InChI=1S/C42H70N4O11/c1-12-31-41(9,51)35(48)28(7)43-22-24(3)21-40(8)36(55-39-33(47)30(45(10)11)20-25(4)53-39)26(5)34(27(6)37(49)54-31)56-42(57-40)16-18-46(19-17-42)32-15-14-29(23-44-32)38(50)52-13-2/h14-15,23-28,30-31,33-36,39,43,47-48,51H,12-13,16-22H2,1-11H3/t24-,25-,26+,27-,28-,30?,31-,33-,34+,35-,36-,39+,40-,41-/m1/s1. The van der Waals surface area contributed by atoms with Gasteiger partial charge >= 0.3 is 11.9 Å². The van der Waals surface area contributed by atoms with Crippen LogP contribution < -0.4 is 10.2 Å². The van der Waals surface area contributed by atoms with Crippen LogP contribution in [0.15, 0.2) is 18.3 Å². The molecule has 0 saturated carbocycles. The van der Waals surface area contributed by atoms with E-state index in [1.165, 1.54) is 13.1 Å². The summed E-state index contributed by atoms with van der Waals surface area (Å²) in [6.07, 6.45) is -2.11. The number of ether oxygens (including phenoxy) is 6. The second kappa shape index (κ2) is 18.4. The number of carbonyl (C=O) groups is 2. The topological polar surface area (TPSA) is 182 Å².